The first-order valence-electron chi connectivity index (χ1n) is 14.1. The molecule has 0 fully saturated rings. The lowest BCUT2D eigenvalue weighted by Crippen LogP contribution is -2.16. The van der Waals surface area contributed by atoms with E-state index in [4.69, 9.17) is 17.3 Å². The van der Waals surface area contributed by atoms with Crippen LogP contribution in [0.5, 0.6) is 0 Å². The lowest BCUT2D eigenvalue weighted by molar-refractivity contribution is -0.113. The van der Waals surface area contributed by atoms with Crippen molar-refractivity contribution in [1.82, 2.24) is 14.8 Å². The van der Waals surface area contributed by atoms with Crippen molar-refractivity contribution in [3.05, 3.63) is 83.4 Å². The van der Waals surface area contributed by atoms with Crippen LogP contribution >= 0.6 is 23.4 Å². The zero-order chi connectivity index (χ0) is 31.9. The topological polar surface area (TPSA) is 149 Å². The molecule has 10 nitrogen and oxygen atoms in total. The summed E-state index contributed by atoms with van der Waals surface area (Å²) in [7, 11) is -3.95. The van der Waals surface area contributed by atoms with Crippen molar-refractivity contribution in [1.29, 1.82) is 0 Å². The van der Waals surface area contributed by atoms with E-state index in [2.05, 4.69) is 41.0 Å². The Morgan fingerprint density at radius 3 is 2.39 bits per heavy atom. The number of primary amides is 1. The number of nitrogens with two attached hydrogens (primary N) is 1. The van der Waals surface area contributed by atoms with Gasteiger partial charge >= 0.3 is 0 Å². The Balaban J connectivity index is 1.58. The monoisotopic (exact) mass is 654 g/mol. The largest absolute Gasteiger partial charge is 0.366 e. The number of para-hydroxylation sites is 1. The molecule has 1 atom stereocenters. The summed E-state index contributed by atoms with van der Waals surface area (Å²) in [5.74, 6) is 0.316. The van der Waals surface area contributed by atoms with Crippen molar-refractivity contribution in [2.75, 3.05) is 15.8 Å². The minimum atomic E-state index is -3.95. The van der Waals surface area contributed by atoms with E-state index in [-0.39, 0.29) is 33.3 Å². The molecule has 0 bridgehead atoms. The summed E-state index contributed by atoms with van der Waals surface area (Å²) >= 11 is 7.42. The van der Waals surface area contributed by atoms with Gasteiger partial charge < -0.3 is 11.1 Å². The van der Waals surface area contributed by atoms with Gasteiger partial charge in [-0.15, -0.1) is 10.2 Å². The van der Waals surface area contributed by atoms with Gasteiger partial charge in [-0.25, -0.2) is 8.42 Å². The van der Waals surface area contributed by atoms with Crippen molar-refractivity contribution in [2.45, 2.75) is 56.1 Å². The van der Waals surface area contributed by atoms with Gasteiger partial charge in [-0.05, 0) is 67.8 Å². The highest BCUT2D eigenvalue weighted by atomic mass is 35.5. The molecule has 0 saturated heterocycles. The van der Waals surface area contributed by atoms with Crippen LogP contribution in [0.4, 0.5) is 11.4 Å². The lowest BCUT2D eigenvalue weighted by Gasteiger charge is -2.19. The number of benzene rings is 3. The van der Waals surface area contributed by atoms with Crippen LogP contribution in [0.2, 0.25) is 5.02 Å². The average Bonchev–Trinajstić information content (AvgIpc) is 3.41. The predicted octanol–water partition coefficient (Wildman–Crippen LogP) is 6.62. The van der Waals surface area contributed by atoms with Crippen LogP contribution in [0.3, 0.4) is 0 Å². The zero-order valence-corrected chi connectivity index (χ0v) is 27.0. The Morgan fingerprint density at radius 2 is 1.70 bits per heavy atom. The number of thioether (sulfide) groups is 1. The third kappa shape index (κ3) is 8.61. The molecule has 44 heavy (non-hydrogen) atoms. The molecule has 13 heteroatoms. The highest BCUT2D eigenvalue weighted by Crippen LogP contribution is 2.32. The van der Waals surface area contributed by atoms with Gasteiger partial charge in [0.1, 0.15) is 0 Å². The number of halogens is 1. The van der Waals surface area contributed by atoms with E-state index in [9.17, 15) is 18.0 Å². The minimum absolute atomic E-state index is 0.0211. The molecular formula is C31H35ClN6O4S2. The van der Waals surface area contributed by atoms with E-state index in [1.54, 1.807) is 66.7 Å². The van der Waals surface area contributed by atoms with E-state index in [1.165, 1.54) is 17.8 Å². The molecule has 0 aliphatic rings. The number of nitrogens with zero attached hydrogens (tertiary/aromatic N) is 3. The normalized spacial score (nSPS) is 12.2. The summed E-state index contributed by atoms with van der Waals surface area (Å²) in [4.78, 5) is 24.1. The van der Waals surface area contributed by atoms with E-state index >= 15 is 0 Å². The minimum Gasteiger partial charge on any atom is -0.366 e. The number of carbonyl (C=O) groups is 2. The fraction of sp³-hybridized carbons (Fsp3) is 0.290. The third-order valence-corrected chi connectivity index (χ3v) is 9.45. The van der Waals surface area contributed by atoms with Gasteiger partial charge in [-0.1, -0.05) is 74.3 Å². The number of aromatic nitrogens is 3. The maximum Gasteiger partial charge on any atom is 0.261 e. The maximum absolute atomic E-state index is 13.3. The van der Waals surface area contributed by atoms with Gasteiger partial charge in [0.25, 0.3) is 10.0 Å². The summed E-state index contributed by atoms with van der Waals surface area (Å²) in [6.07, 6.45) is 2.89. The number of hydrogen-bond acceptors (Lipinski definition) is 7. The highest BCUT2D eigenvalue weighted by Gasteiger charge is 2.23. The second-order valence-electron chi connectivity index (χ2n) is 10.7. The molecule has 1 heterocycles. The summed E-state index contributed by atoms with van der Waals surface area (Å²) in [6, 6.07) is 19.4. The van der Waals surface area contributed by atoms with Gasteiger partial charge in [-0.2, -0.15) is 0 Å². The van der Waals surface area contributed by atoms with E-state index in [0.29, 0.717) is 33.7 Å². The van der Waals surface area contributed by atoms with Gasteiger partial charge in [0, 0.05) is 22.9 Å². The number of anilines is 2. The van der Waals surface area contributed by atoms with Crippen molar-refractivity contribution >= 4 is 56.6 Å². The Morgan fingerprint density at radius 1 is 0.977 bits per heavy atom. The van der Waals surface area contributed by atoms with Crippen molar-refractivity contribution < 1.29 is 18.0 Å². The molecule has 4 rings (SSSR count). The molecule has 0 saturated carbocycles. The third-order valence-electron chi connectivity index (χ3n) is 6.81. The number of hydrogen-bond donors (Lipinski definition) is 3. The Labute approximate surface area is 266 Å². The molecule has 0 aliphatic heterocycles. The van der Waals surface area contributed by atoms with Crippen LogP contribution < -0.4 is 15.8 Å². The zero-order valence-electron chi connectivity index (χ0n) is 24.7. The molecule has 2 amide bonds. The van der Waals surface area contributed by atoms with Gasteiger partial charge in [0.2, 0.25) is 11.8 Å². The molecule has 1 aromatic heterocycles. The number of carbonyl (C=O) groups excluding carboxylic acids is 2. The maximum atomic E-state index is 13.3. The molecule has 4 aromatic rings. The first-order valence-corrected chi connectivity index (χ1v) is 16.9. The van der Waals surface area contributed by atoms with Crippen LogP contribution in [0.25, 0.3) is 11.4 Å². The Kier molecular flexibility index (Phi) is 11.1. The second kappa shape index (κ2) is 14.7. The predicted molar refractivity (Wildman–Crippen MR) is 175 cm³/mol. The van der Waals surface area contributed by atoms with Crippen LogP contribution in [0.1, 0.15) is 56.4 Å². The van der Waals surface area contributed by atoms with Crippen molar-refractivity contribution in [3.8, 4) is 11.4 Å². The molecule has 0 radical (unpaired) electrons. The smallest absolute Gasteiger partial charge is 0.261 e. The van der Waals surface area contributed by atoms with Gasteiger partial charge in [0.05, 0.1) is 21.4 Å². The molecule has 3 aromatic carbocycles. The number of amides is 2. The second-order valence-corrected chi connectivity index (χ2v) is 13.8. The quantitative estimate of drug-likeness (QED) is 0.129. The van der Waals surface area contributed by atoms with Crippen LogP contribution in [-0.2, 0) is 14.8 Å². The molecule has 0 spiro atoms. The summed E-state index contributed by atoms with van der Waals surface area (Å²) in [5, 5.41) is 12.5. The fourth-order valence-corrected chi connectivity index (χ4v) is 6.72. The molecule has 0 unspecified atom stereocenters. The van der Waals surface area contributed by atoms with Crippen LogP contribution in [0.15, 0.2) is 82.8 Å². The standard InChI is InChI=1S/C31H35ClN6O4S2/c1-20(2)8-6-9-21(3)38-30(23-10-7-11-25(18-23)44(41,42)37-27-13-5-4-12-26(27)32)35-36-31(38)43-19-28(39)34-24-16-14-22(15-17-24)29(33)40/h4-5,7,10-18,20-21,37H,6,8-9,19H2,1-3H3,(H2,33,40)(H,34,39)/t21-/m1/s1. The summed E-state index contributed by atoms with van der Waals surface area (Å²) in [5.41, 5.74) is 7.02. The summed E-state index contributed by atoms with van der Waals surface area (Å²) < 4.78 is 31.0. The van der Waals surface area contributed by atoms with Gasteiger partial charge in [0.15, 0.2) is 11.0 Å². The first-order chi connectivity index (χ1) is 20.9. The van der Waals surface area contributed by atoms with Crippen molar-refractivity contribution in [3.63, 3.8) is 0 Å². The summed E-state index contributed by atoms with van der Waals surface area (Å²) in [6.45, 7) is 6.43. The highest BCUT2D eigenvalue weighted by molar-refractivity contribution is 7.99. The van der Waals surface area contributed by atoms with E-state index < -0.39 is 15.9 Å². The Hall–Kier alpha value is -3.87. The number of sulfonamides is 1. The Bertz CT molecular complexity index is 1730. The van der Waals surface area contributed by atoms with E-state index in [1.807, 2.05) is 4.57 Å². The molecular weight excluding hydrogens is 620 g/mol. The lowest BCUT2D eigenvalue weighted by atomic mass is 10.0. The molecule has 232 valence electrons. The molecule has 0 aliphatic carbocycles. The van der Waals surface area contributed by atoms with E-state index in [0.717, 1.165) is 19.3 Å². The fourth-order valence-electron chi connectivity index (χ4n) is 4.52. The van der Waals surface area contributed by atoms with Gasteiger partial charge in [-0.3, -0.25) is 18.9 Å². The SMILES string of the molecule is CC(C)CCC[C@@H](C)n1c(SCC(=O)Nc2ccc(C(N)=O)cc2)nnc1-c1cccc(S(=O)(=O)Nc2ccccc2Cl)c1. The average molecular weight is 655 g/mol. The number of nitrogens with one attached hydrogen (secondary N) is 2. The van der Waals surface area contributed by atoms with Crippen LogP contribution in [-0.4, -0.2) is 40.7 Å². The van der Waals surface area contributed by atoms with Crippen molar-refractivity contribution in [2.24, 2.45) is 11.7 Å². The molecule has 4 N–H and O–H groups in total. The first kappa shape index (κ1) is 33.0. The van der Waals surface area contributed by atoms with Crippen LogP contribution in [0, 0.1) is 5.92 Å². The number of rotatable bonds is 14.